The standard InChI is InChI=1S/C21H26FN3O3S/c1-15-9-10-19(22)20(12-15)25-11-5-7-17(14-25)23-29(27,28)18-8-4-6-16(13-18)21(26)24(2)3/h4,6,8-10,12-13,17,23H,5,7,11,14H2,1-3H3. The third kappa shape index (κ3) is 4.94. The van der Waals surface area contributed by atoms with Crippen LogP contribution in [0.25, 0.3) is 0 Å². The summed E-state index contributed by atoms with van der Waals surface area (Å²) in [7, 11) is -0.579. The monoisotopic (exact) mass is 419 g/mol. The maximum Gasteiger partial charge on any atom is 0.253 e. The highest BCUT2D eigenvalue weighted by Crippen LogP contribution is 2.25. The third-order valence-electron chi connectivity index (χ3n) is 4.98. The SMILES string of the molecule is Cc1ccc(F)c(N2CCCC(NS(=O)(=O)c3cccc(C(=O)N(C)C)c3)C2)c1. The molecule has 1 atom stereocenters. The highest BCUT2D eigenvalue weighted by Gasteiger charge is 2.27. The zero-order chi connectivity index (χ0) is 21.2. The van der Waals surface area contributed by atoms with Crippen molar-refractivity contribution >= 4 is 21.6 Å². The van der Waals surface area contributed by atoms with Gasteiger partial charge in [-0.1, -0.05) is 12.1 Å². The molecule has 2 aromatic carbocycles. The van der Waals surface area contributed by atoms with Gasteiger partial charge in [-0.25, -0.2) is 17.5 Å². The number of amides is 1. The minimum Gasteiger partial charge on any atom is -0.368 e. The Balaban J connectivity index is 1.77. The molecule has 6 nitrogen and oxygen atoms in total. The van der Waals surface area contributed by atoms with Crippen LogP contribution in [-0.4, -0.2) is 52.5 Å². The number of nitrogens with zero attached hydrogens (tertiary/aromatic N) is 2. The van der Waals surface area contributed by atoms with E-state index in [9.17, 15) is 17.6 Å². The molecule has 0 aliphatic carbocycles. The van der Waals surface area contributed by atoms with Gasteiger partial charge in [0.25, 0.3) is 5.91 Å². The van der Waals surface area contributed by atoms with Gasteiger partial charge in [-0.15, -0.1) is 0 Å². The maximum absolute atomic E-state index is 14.3. The highest BCUT2D eigenvalue weighted by molar-refractivity contribution is 7.89. The van der Waals surface area contributed by atoms with E-state index in [2.05, 4.69) is 4.72 Å². The van der Waals surface area contributed by atoms with E-state index in [1.165, 1.54) is 23.1 Å². The molecule has 0 bridgehead atoms. The summed E-state index contributed by atoms with van der Waals surface area (Å²) < 4.78 is 42.7. The Morgan fingerprint density at radius 2 is 1.97 bits per heavy atom. The molecule has 0 aromatic heterocycles. The molecule has 156 valence electrons. The molecule has 0 spiro atoms. The number of carbonyl (C=O) groups is 1. The molecule has 0 radical (unpaired) electrons. The Hall–Kier alpha value is -2.45. The van der Waals surface area contributed by atoms with Crippen LogP contribution in [0.2, 0.25) is 0 Å². The topological polar surface area (TPSA) is 69.7 Å². The van der Waals surface area contributed by atoms with E-state index < -0.39 is 10.0 Å². The number of aryl methyl sites for hydroxylation is 1. The van der Waals surface area contributed by atoms with Crippen LogP contribution in [-0.2, 0) is 10.0 Å². The highest BCUT2D eigenvalue weighted by atomic mass is 32.2. The van der Waals surface area contributed by atoms with Crippen molar-refractivity contribution in [3.05, 3.63) is 59.4 Å². The number of nitrogens with one attached hydrogen (secondary N) is 1. The fourth-order valence-corrected chi connectivity index (χ4v) is 4.81. The number of piperidine rings is 1. The predicted molar refractivity (Wildman–Crippen MR) is 111 cm³/mol. The smallest absolute Gasteiger partial charge is 0.253 e. The zero-order valence-electron chi connectivity index (χ0n) is 16.9. The van der Waals surface area contributed by atoms with Gasteiger partial charge in [0.05, 0.1) is 10.6 Å². The Morgan fingerprint density at radius 3 is 2.69 bits per heavy atom. The Bertz CT molecular complexity index is 1010. The second-order valence-corrected chi connectivity index (χ2v) is 9.30. The zero-order valence-corrected chi connectivity index (χ0v) is 17.7. The van der Waals surface area contributed by atoms with Gasteiger partial charge in [-0.05, 0) is 55.7 Å². The maximum atomic E-state index is 14.3. The Morgan fingerprint density at radius 1 is 1.21 bits per heavy atom. The van der Waals surface area contributed by atoms with Crippen molar-refractivity contribution in [3.63, 3.8) is 0 Å². The molecule has 29 heavy (non-hydrogen) atoms. The van der Waals surface area contributed by atoms with Crippen LogP contribution in [0.1, 0.15) is 28.8 Å². The van der Waals surface area contributed by atoms with Gasteiger partial charge in [0.15, 0.2) is 0 Å². The summed E-state index contributed by atoms with van der Waals surface area (Å²) in [6, 6.07) is 10.6. The van der Waals surface area contributed by atoms with E-state index in [-0.39, 0.29) is 22.7 Å². The minimum absolute atomic E-state index is 0.0454. The van der Waals surface area contributed by atoms with Gasteiger partial charge >= 0.3 is 0 Å². The summed E-state index contributed by atoms with van der Waals surface area (Å²) in [6.45, 7) is 2.95. The average molecular weight is 420 g/mol. The molecule has 0 saturated carbocycles. The Kier molecular flexibility index (Phi) is 6.24. The number of benzene rings is 2. The Labute approximate surface area is 171 Å². The van der Waals surface area contributed by atoms with Crippen LogP contribution < -0.4 is 9.62 Å². The van der Waals surface area contributed by atoms with E-state index in [0.29, 0.717) is 30.8 Å². The van der Waals surface area contributed by atoms with Crippen molar-refractivity contribution in [2.75, 3.05) is 32.1 Å². The van der Waals surface area contributed by atoms with Gasteiger partial charge in [-0.3, -0.25) is 4.79 Å². The first kappa shape index (κ1) is 21.3. The number of hydrogen-bond donors (Lipinski definition) is 1. The van der Waals surface area contributed by atoms with Crippen molar-refractivity contribution < 1.29 is 17.6 Å². The second kappa shape index (κ2) is 8.51. The van der Waals surface area contributed by atoms with Crippen LogP contribution in [0.3, 0.4) is 0 Å². The first-order chi connectivity index (χ1) is 13.7. The molecule has 1 saturated heterocycles. The van der Waals surface area contributed by atoms with Gasteiger partial charge in [0, 0.05) is 38.8 Å². The summed E-state index contributed by atoms with van der Waals surface area (Å²) in [5, 5.41) is 0. The number of halogens is 1. The van der Waals surface area contributed by atoms with E-state index in [0.717, 1.165) is 12.0 Å². The quantitative estimate of drug-likeness (QED) is 0.809. The summed E-state index contributed by atoms with van der Waals surface area (Å²) in [5.41, 5.74) is 1.75. The first-order valence-electron chi connectivity index (χ1n) is 9.52. The number of carbonyl (C=O) groups excluding carboxylic acids is 1. The molecule has 1 N–H and O–H groups in total. The summed E-state index contributed by atoms with van der Waals surface area (Å²) in [4.78, 5) is 15.5. The third-order valence-corrected chi connectivity index (χ3v) is 6.50. The van der Waals surface area contributed by atoms with Crippen LogP contribution >= 0.6 is 0 Å². The predicted octanol–water partition coefficient (Wildman–Crippen LogP) is 2.78. The second-order valence-electron chi connectivity index (χ2n) is 7.59. The van der Waals surface area contributed by atoms with Crippen LogP contribution in [0.15, 0.2) is 47.4 Å². The van der Waals surface area contributed by atoms with Crippen molar-refractivity contribution in [2.24, 2.45) is 0 Å². The molecule has 2 aromatic rings. The molecule has 1 amide bonds. The van der Waals surface area contributed by atoms with Crippen molar-refractivity contribution in [1.82, 2.24) is 9.62 Å². The number of rotatable bonds is 5. The van der Waals surface area contributed by atoms with Crippen LogP contribution in [0.5, 0.6) is 0 Å². The van der Waals surface area contributed by atoms with E-state index >= 15 is 0 Å². The van der Waals surface area contributed by atoms with E-state index in [4.69, 9.17) is 0 Å². The van der Waals surface area contributed by atoms with Gasteiger partial charge in [-0.2, -0.15) is 0 Å². The van der Waals surface area contributed by atoms with Crippen LogP contribution in [0, 0.1) is 12.7 Å². The van der Waals surface area contributed by atoms with Crippen molar-refractivity contribution in [1.29, 1.82) is 0 Å². The molecule has 1 unspecified atom stereocenters. The molecule has 8 heteroatoms. The van der Waals surface area contributed by atoms with Gasteiger partial charge < -0.3 is 9.80 Å². The lowest BCUT2D eigenvalue weighted by molar-refractivity contribution is 0.0827. The van der Waals surface area contributed by atoms with Gasteiger partial charge in [0.2, 0.25) is 10.0 Å². The van der Waals surface area contributed by atoms with E-state index in [1.807, 2.05) is 11.8 Å². The lowest BCUT2D eigenvalue weighted by Crippen LogP contribution is -2.48. The van der Waals surface area contributed by atoms with Crippen molar-refractivity contribution in [2.45, 2.75) is 30.7 Å². The molecule has 1 fully saturated rings. The van der Waals surface area contributed by atoms with Gasteiger partial charge in [0.1, 0.15) is 5.82 Å². The van der Waals surface area contributed by atoms with Crippen molar-refractivity contribution in [3.8, 4) is 0 Å². The normalized spacial score (nSPS) is 17.2. The average Bonchev–Trinajstić information content (AvgIpc) is 2.69. The number of anilines is 1. The van der Waals surface area contributed by atoms with E-state index in [1.54, 1.807) is 38.4 Å². The fourth-order valence-electron chi connectivity index (χ4n) is 3.50. The minimum atomic E-state index is -3.81. The summed E-state index contributed by atoms with van der Waals surface area (Å²) >= 11 is 0. The number of sulfonamides is 1. The first-order valence-corrected chi connectivity index (χ1v) is 11.0. The lowest BCUT2D eigenvalue weighted by Gasteiger charge is -2.35. The summed E-state index contributed by atoms with van der Waals surface area (Å²) in [6.07, 6.45) is 1.42. The summed E-state index contributed by atoms with van der Waals surface area (Å²) in [5.74, 6) is -0.574. The molecular formula is C21H26FN3O3S. The number of hydrogen-bond acceptors (Lipinski definition) is 4. The molecule has 1 heterocycles. The molecule has 1 aliphatic rings. The lowest BCUT2D eigenvalue weighted by atomic mass is 10.1. The molecule has 1 aliphatic heterocycles. The molecule has 3 rings (SSSR count). The molecular weight excluding hydrogens is 393 g/mol. The van der Waals surface area contributed by atoms with Crippen LogP contribution in [0.4, 0.5) is 10.1 Å². The fraction of sp³-hybridized carbons (Fsp3) is 0.381. The largest absolute Gasteiger partial charge is 0.368 e.